The number of hydrogen-bond donors (Lipinski definition) is 2. The zero-order valence-corrected chi connectivity index (χ0v) is 6.82. The Hall–Kier alpha value is 0.210. The van der Waals surface area contributed by atoms with E-state index in [1.54, 1.807) is 0 Å². The fraction of sp³-hybridized carbons (Fsp3) is 1.00. The van der Waals surface area contributed by atoms with Gasteiger partial charge in [-0.15, -0.1) is 12.4 Å². The molecule has 0 radical (unpaired) electrons. The average Bonchev–Trinajstić information content (AvgIpc) is 1.69. The minimum absolute atomic E-state index is 0. The van der Waals surface area contributed by atoms with Gasteiger partial charge in [-0.3, -0.25) is 0 Å². The van der Waals surface area contributed by atoms with Crippen molar-refractivity contribution in [3.8, 4) is 0 Å². The van der Waals surface area contributed by atoms with Gasteiger partial charge in [-0.05, 0) is 18.8 Å². The molecule has 58 valence electrons. The predicted octanol–water partition coefficient (Wildman–Crippen LogP) is 1.12. The second-order valence-corrected chi connectivity index (χ2v) is 2.07. The largest absolute Gasteiger partial charge is 0.379 e. The molecule has 9 heavy (non-hydrogen) atoms. The van der Waals surface area contributed by atoms with Gasteiger partial charge in [0.15, 0.2) is 0 Å². The smallest absolute Gasteiger partial charge is 0.105 e. The van der Waals surface area contributed by atoms with E-state index in [4.69, 9.17) is 10.8 Å². The maximum atomic E-state index is 8.79. The van der Waals surface area contributed by atoms with Crippen LogP contribution in [-0.4, -0.2) is 11.3 Å². The zero-order valence-electron chi connectivity index (χ0n) is 6.00. The Labute approximate surface area is 62.9 Å². The maximum absolute atomic E-state index is 8.79. The highest BCUT2D eigenvalue weighted by Crippen LogP contribution is 2.08. The van der Waals surface area contributed by atoms with Crippen molar-refractivity contribution in [2.75, 3.05) is 0 Å². The Kier molecular flexibility index (Phi) is 8.40. The van der Waals surface area contributed by atoms with E-state index in [0.29, 0.717) is 0 Å². The molecule has 0 aromatic heterocycles. The standard InChI is InChI=1S/C6H15NO.ClH/c1-3-5(4-2)6(7)8;/h5-6,8H,3-4,7H2,1-2H3;1H. The van der Waals surface area contributed by atoms with Crippen LogP contribution in [0.4, 0.5) is 0 Å². The molecule has 0 saturated heterocycles. The summed E-state index contributed by atoms with van der Waals surface area (Å²) in [6, 6.07) is 0. The first-order chi connectivity index (χ1) is 3.72. The molecule has 0 saturated carbocycles. The normalized spacial score (nSPS) is 13.0. The molecule has 0 aliphatic rings. The van der Waals surface area contributed by atoms with Crippen LogP contribution in [0.5, 0.6) is 0 Å². The summed E-state index contributed by atoms with van der Waals surface area (Å²) in [5.41, 5.74) is 5.21. The van der Waals surface area contributed by atoms with E-state index in [-0.39, 0.29) is 18.3 Å². The van der Waals surface area contributed by atoms with Gasteiger partial charge in [0.1, 0.15) is 6.23 Å². The van der Waals surface area contributed by atoms with E-state index in [2.05, 4.69) is 0 Å². The monoisotopic (exact) mass is 153 g/mol. The van der Waals surface area contributed by atoms with Gasteiger partial charge in [-0.1, -0.05) is 13.8 Å². The average molecular weight is 154 g/mol. The Morgan fingerprint density at radius 3 is 1.67 bits per heavy atom. The molecular formula is C6H16ClNO. The minimum atomic E-state index is -0.620. The van der Waals surface area contributed by atoms with Gasteiger partial charge in [0.25, 0.3) is 0 Å². The van der Waals surface area contributed by atoms with Crippen LogP contribution in [-0.2, 0) is 0 Å². The van der Waals surface area contributed by atoms with Gasteiger partial charge in [-0.25, -0.2) is 0 Å². The third kappa shape index (κ3) is 4.70. The predicted molar refractivity (Wildman–Crippen MR) is 41.5 cm³/mol. The molecule has 0 fully saturated rings. The van der Waals surface area contributed by atoms with Crippen molar-refractivity contribution in [1.82, 2.24) is 0 Å². The first-order valence-corrected chi connectivity index (χ1v) is 3.16. The summed E-state index contributed by atoms with van der Waals surface area (Å²) in [4.78, 5) is 0. The fourth-order valence-corrected chi connectivity index (χ4v) is 0.772. The topological polar surface area (TPSA) is 46.2 Å². The Morgan fingerprint density at radius 1 is 1.33 bits per heavy atom. The summed E-state index contributed by atoms with van der Waals surface area (Å²) in [6.45, 7) is 4.06. The molecule has 0 aliphatic carbocycles. The first-order valence-electron chi connectivity index (χ1n) is 3.16. The van der Waals surface area contributed by atoms with Crippen molar-refractivity contribution in [3.05, 3.63) is 0 Å². The van der Waals surface area contributed by atoms with Gasteiger partial charge in [0, 0.05) is 0 Å². The number of rotatable bonds is 3. The van der Waals surface area contributed by atoms with E-state index >= 15 is 0 Å². The second kappa shape index (κ2) is 6.33. The molecule has 0 rings (SSSR count). The number of nitrogens with two attached hydrogens (primary N) is 1. The van der Waals surface area contributed by atoms with Gasteiger partial charge in [0.2, 0.25) is 0 Å². The summed E-state index contributed by atoms with van der Waals surface area (Å²) in [7, 11) is 0. The number of halogens is 1. The third-order valence-corrected chi connectivity index (χ3v) is 1.53. The van der Waals surface area contributed by atoms with Crippen LogP contribution in [0.25, 0.3) is 0 Å². The summed E-state index contributed by atoms with van der Waals surface area (Å²) >= 11 is 0. The summed E-state index contributed by atoms with van der Waals surface area (Å²) in [5.74, 6) is 0.287. The highest BCUT2D eigenvalue weighted by Gasteiger charge is 2.08. The molecule has 0 heterocycles. The van der Waals surface area contributed by atoms with Crippen LogP contribution in [0.3, 0.4) is 0 Å². The second-order valence-electron chi connectivity index (χ2n) is 2.07. The number of aliphatic hydroxyl groups excluding tert-OH is 1. The van der Waals surface area contributed by atoms with Crippen LogP contribution in [0.2, 0.25) is 0 Å². The van der Waals surface area contributed by atoms with E-state index in [1.165, 1.54) is 0 Å². The fourth-order valence-electron chi connectivity index (χ4n) is 0.772. The molecular weight excluding hydrogens is 138 g/mol. The van der Waals surface area contributed by atoms with Crippen LogP contribution in [0.1, 0.15) is 26.7 Å². The molecule has 0 aromatic rings. The SMILES string of the molecule is CCC(CC)C(N)O.Cl. The summed E-state index contributed by atoms with van der Waals surface area (Å²) in [6.07, 6.45) is 1.31. The molecule has 1 atom stereocenters. The van der Waals surface area contributed by atoms with Crippen molar-refractivity contribution in [3.63, 3.8) is 0 Å². The van der Waals surface area contributed by atoms with Gasteiger partial charge >= 0.3 is 0 Å². The quantitative estimate of drug-likeness (QED) is 0.597. The van der Waals surface area contributed by atoms with E-state index < -0.39 is 6.23 Å². The zero-order chi connectivity index (χ0) is 6.57. The van der Waals surface area contributed by atoms with Gasteiger partial charge < -0.3 is 10.8 Å². The van der Waals surface area contributed by atoms with Crippen molar-refractivity contribution in [2.45, 2.75) is 32.9 Å². The molecule has 0 amide bonds. The lowest BCUT2D eigenvalue weighted by atomic mass is 10.0. The van der Waals surface area contributed by atoms with E-state index in [1.807, 2.05) is 13.8 Å². The van der Waals surface area contributed by atoms with Crippen molar-refractivity contribution < 1.29 is 5.11 Å². The lowest BCUT2D eigenvalue weighted by molar-refractivity contribution is 0.109. The summed E-state index contributed by atoms with van der Waals surface area (Å²) in [5, 5.41) is 8.79. The Bertz CT molecular complexity index is 55.0. The van der Waals surface area contributed by atoms with Crippen molar-refractivity contribution in [2.24, 2.45) is 11.7 Å². The molecule has 0 spiro atoms. The highest BCUT2D eigenvalue weighted by atomic mass is 35.5. The molecule has 1 unspecified atom stereocenters. The molecule has 2 nitrogen and oxygen atoms in total. The first kappa shape index (κ1) is 11.9. The van der Waals surface area contributed by atoms with E-state index in [0.717, 1.165) is 12.8 Å². The highest BCUT2D eigenvalue weighted by molar-refractivity contribution is 5.85. The van der Waals surface area contributed by atoms with E-state index in [9.17, 15) is 0 Å². The van der Waals surface area contributed by atoms with Crippen molar-refractivity contribution in [1.29, 1.82) is 0 Å². The maximum Gasteiger partial charge on any atom is 0.105 e. The molecule has 3 heteroatoms. The Balaban J connectivity index is 0. The molecule has 3 N–H and O–H groups in total. The van der Waals surface area contributed by atoms with Crippen LogP contribution >= 0.6 is 12.4 Å². The molecule has 0 bridgehead atoms. The molecule has 0 aromatic carbocycles. The van der Waals surface area contributed by atoms with Crippen LogP contribution in [0, 0.1) is 5.92 Å². The van der Waals surface area contributed by atoms with Gasteiger partial charge in [0.05, 0.1) is 0 Å². The minimum Gasteiger partial charge on any atom is -0.379 e. The molecule has 0 aliphatic heterocycles. The third-order valence-electron chi connectivity index (χ3n) is 1.53. The van der Waals surface area contributed by atoms with Gasteiger partial charge in [-0.2, -0.15) is 0 Å². The lowest BCUT2D eigenvalue weighted by Gasteiger charge is -2.14. The number of aliphatic hydroxyl groups is 1. The van der Waals surface area contributed by atoms with Crippen molar-refractivity contribution >= 4 is 12.4 Å². The summed E-state index contributed by atoms with van der Waals surface area (Å²) < 4.78 is 0. The number of hydrogen-bond acceptors (Lipinski definition) is 2. The van der Waals surface area contributed by atoms with Crippen LogP contribution in [0.15, 0.2) is 0 Å². The lowest BCUT2D eigenvalue weighted by Crippen LogP contribution is -2.28. The Morgan fingerprint density at radius 2 is 1.67 bits per heavy atom. The van der Waals surface area contributed by atoms with Crippen LogP contribution < -0.4 is 5.73 Å².